The maximum absolute atomic E-state index is 3.88. The van der Waals surface area contributed by atoms with Crippen molar-refractivity contribution in [3.05, 3.63) is 45.8 Å². The van der Waals surface area contributed by atoms with Gasteiger partial charge in [0.15, 0.2) is 0 Å². The summed E-state index contributed by atoms with van der Waals surface area (Å²) in [6.45, 7) is 5.91. The molecule has 0 N–H and O–H groups in total. The summed E-state index contributed by atoms with van der Waals surface area (Å²) in [5.41, 5.74) is 1.24. The Labute approximate surface area is 102 Å². The lowest BCUT2D eigenvalue weighted by Gasteiger charge is -1.93. The molecule has 0 fully saturated rings. The van der Waals surface area contributed by atoms with Crippen LogP contribution in [0.1, 0.15) is 17.4 Å². The van der Waals surface area contributed by atoms with Crippen molar-refractivity contribution in [2.45, 2.75) is 6.92 Å². The molecule has 0 spiro atoms. The summed E-state index contributed by atoms with van der Waals surface area (Å²) >= 11 is 5.29. The van der Waals surface area contributed by atoms with Crippen LogP contribution in [-0.2, 0) is 0 Å². The van der Waals surface area contributed by atoms with E-state index in [1.165, 1.54) is 20.5 Å². The van der Waals surface area contributed by atoms with E-state index < -0.39 is 0 Å². The third kappa shape index (κ3) is 1.92. The van der Waals surface area contributed by atoms with Crippen molar-refractivity contribution in [1.82, 2.24) is 0 Å². The molecule has 2 aromatic rings. The van der Waals surface area contributed by atoms with E-state index in [0.717, 1.165) is 4.47 Å². The molecule has 0 amide bonds. The van der Waals surface area contributed by atoms with Crippen LogP contribution in [0.5, 0.6) is 0 Å². The van der Waals surface area contributed by atoms with E-state index in [2.05, 4.69) is 52.9 Å². The zero-order valence-corrected chi connectivity index (χ0v) is 10.9. The molecule has 0 bridgehead atoms. The first-order valence-electron chi connectivity index (χ1n) is 4.73. The van der Waals surface area contributed by atoms with Gasteiger partial charge in [-0.05, 0) is 30.7 Å². The van der Waals surface area contributed by atoms with Crippen molar-refractivity contribution in [3.8, 4) is 0 Å². The molecule has 1 aromatic carbocycles. The number of hydrogen-bond donors (Lipinski definition) is 0. The number of fused-ring (bicyclic) bond motifs is 1. The Balaban J connectivity index is 2.78. The van der Waals surface area contributed by atoms with Crippen LogP contribution in [0.3, 0.4) is 0 Å². The second-order valence-electron chi connectivity index (χ2n) is 3.22. The zero-order chi connectivity index (χ0) is 10.8. The van der Waals surface area contributed by atoms with Gasteiger partial charge in [0.1, 0.15) is 0 Å². The summed E-state index contributed by atoms with van der Waals surface area (Å²) in [4.78, 5) is 1.28. The number of hydrogen-bond acceptors (Lipinski definition) is 1. The molecule has 1 aromatic heterocycles. The Hall–Kier alpha value is -0.860. The lowest BCUT2D eigenvalue weighted by Crippen LogP contribution is -1.71. The van der Waals surface area contributed by atoms with Crippen molar-refractivity contribution in [1.29, 1.82) is 0 Å². The van der Waals surface area contributed by atoms with Crippen LogP contribution < -0.4 is 0 Å². The Morgan fingerprint density at radius 3 is 2.87 bits per heavy atom. The highest BCUT2D eigenvalue weighted by Crippen LogP contribution is 2.34. The average Bonchev–Trinajstić information content (AvgIpc) is 2.54. The van der Waals surface area contributed by atoms with Gasteiger partial charge in [-0.2, -0.15) is 0 Å². The Bertz CT molecular complexity index is 535. The van der Waals surface area contributed by atoms with Crippen molar-refractivity contribution < 1.29 is 0 Å². The van der Waals surface area contributed by atoms with Crippen molar-refractivity contribution in [3.63, 3.8) is 0 Å². The van der Waals surface area contributed by atoms with Gasteiger partial charge < -0.3 is 0 Å². The van der Waals surface area contributed by atoms with Gasteiger partial charge in [0.25, 0.3) is 0 Å². The van der Waals surface area contributed by atoms with E-state index in [1.807, 2.05) is 13.0 Å². The van der Waals surface area contributed by atoms with Gasteiger partial charge in [-0.1, -0.05) is 40.7 Å². The quantitative estimate of drug-likeness (QED) is 0.696. The molecule has 2 heteroatoms. The predicted octanol–water partition coefficient (Wildman–Crippen LogP) is 5.34. The molecule has 76 valence electrons. The number of thiophene rings is 1. The first-order valence-corrected chi connectivity index (χ1v) is 6.34. The van der Waals surface area contributed by atoms with Crippen LogP contribution in [0.4, 0.5) is 0 Å². The molecular formula is C13H11BrS. The monoisotopic (exact) mass is 278 g/mol. The number of benzene rings is 1. The number of halogens is 1. The first-order chi connectivity index (χ1) is 7.26. The van der Waals surface area contributed by atoms with Gasteiger partial charge in [-0.15, -0.1) is 11.3 Å². The summed E-state index contributed by atoms with van der Waals surface area (Å²) in [6, 6.07) is 6.36. The van der Waals surface area contributed by atoms with Gasteiger partial charge in [-0.3, -0.25) is 0 Å². The van der Waals surface area contributed by atoms with Crippen LogP contribution in [0, 0.1) is 0 Å². The molecule has 0 nitrogen and oxygen atoms in total. The predicted molar refractivity (Wildman–Crippen MR) is 74.3 cm³/mol. The van der Waals surface area contributed by atoms with E-state index in [0.29, 0.717) is 0 Å². The summed E-state index contributed by atoms with van der Waals surface area (Å²) in [7, 11) is 0. The lowest BCUT2D eigenvalue weighted by molar-refractivity contribution is 1.74. The third-order valence-corrected chi connectivity index (χ3v) is 3.87. The highest BCUT2D eigenvalue weighted by atomic mass is 79.9. The van der Waals surface area contributed by atoms with Crippen molar-refractivity contribution in [2.75, 3.05) is 0 Å². The van der Waals surface area contributed by atoms with E-state index in [1.54, 1.807) is 11.3 Å². The number of rotatable bonds is 2. The van der Waals surface area contributed by atoms with Gasteiger partial charge in [0.2, 0.25) is 0 Å². The molecule has 0 aliphatic rings. The third-order valence-electron chi connectivity index (χ3n) is 2.24. The molecule has 2 rings (SSSR count). The minimum Gasteiger partial charge on any atom is -0.135 e. The summed E-state index contributed by atoms with van der Waals surface area (Å²) in [6.07, 6.45) is 6.13. The van der Waals surface area contributed by atoms with Crippen LogP contribution in [0.2, 0.25) is 0 Å². The van der Waals surface area contributed by atoms with Crippen LogP contribution in [-0.4, -0.2) is 0 Å². The van der Waals surface area contributed by atoms with E-state index in [4.69, 9.17) is 0 Å². The smallest absolute Gasteiger partial charge is 0.0366 e. The van der Waals surface area contributed by atoms with Crippen LogP contribution >= 0.6 is 27.3 Å². The highest BCUT2D eigenvalue weighted by molar-refractivity contribution is 9.10. The van der Waals surface area contributed by atoms with E-state index in [9.17, 15) is 0 Å². The minimum absolute atomic E-state index is 1.12. The lowest BCUT2D eigenvalue weighted by atomic mass is 10.1. The molecule has 0 unspecified atom stereocenters. The fourth-order valence-corrected chi connectivity index (χ4v) is 3.33. The van der Waals surface area contributed by atoms with Crippen molar-refractivity contribution >= 4 is 49.5 Å². The maximum Gasteiger partial charge on any atom is 0.0366 e. The Morgan fingerprint density at radius 2 is 2.20 bits per heavy atom. The SMILES string of the molecule is C=Cc1c(/C=C\C)sc2cc(Br)ccc12. The molecule has 0 aliphatic carbocycles. The summed E-state index contributed by atoms with van der Waals surface area (Å²) in [5, 5.41) is 1.28. The Kier molecular flexibility index (Phi) is 3.08. The Morgan fingerprint density at radius 1 is 1.40 bits per heavy atom. The highest BCUT2D eigenvalue weighted by Gasteiger charge is 2.07. The molecule has 0 saturated heterocycles. The second kappa shape index (κ2) is 4.33. The van der Waals surface area contributed by atoms with Gasteiger partial charge in [-0.25, -0.2) is 0 Å². The first kappa shape index (κ1) is 10.7. The van der Waals surface area contributed by atoms with Crippen molar-refractivity contribution in [2.24, 2.45) is 0 Å². The van der Waals surface area contributed by atoms with E-state index in [-0.39, 0.29) is 0 Å². The summed E-state index contributed by atoms with van der Waals surface area (Å²) < 4.78 is 2.42. The fraction of sp³-hybridized carbons (Fsp3) is 0.0769. The van der Waals surface area contributed by atoms with Gasteiger partial charge in [0.05, 0.1) is 0 Å². The molecule has 0 aliphatic heterocycles. The topological polar surface area (TPSA) is 0 Å². The summed E-state index contributed by atoms with van der Waals surface area (Å²) in [5.74, 6) is 0. The molecule has 1 heterocycles. The average molecular weight is 279 g/mol. The zero-order valence-electron chi connectivity index (χ0n) is 8.46. The molecule has 0 atom stereocenters. The maximum atomic E-state index is 3.88. The number of allylic oxidation sites excluding steroid dienone is 1. The molecular weight excluding hydrogens is 268 g/mol. The second-order valence-corrected chi connectivity index (χ2v) is 5.22. The van der Waals surface area contributed by atoms with Crippen LogP contribution in [0.15, 0.2) is 35.3 Å². The molecule has 15 heavy (non-hydrogen) atoms. The van der Waals surface area contributed by atoms with E-state index >= 15 is 0 Å². The fourth-order valence-electron chi connectivity index (χ4n) is 1.60. The molecule has 0 radical (unpaired) electrons. The standard InChI is InChI=1S/C13H11BrS/c1-3-5-12-10(4-2)11-7-6-9(14)8-13(11)15-12/h3-8H,2H2,1H3/b5-3-. The normalized spacial score (nSPS) is 11.3. The van der Waals surface area contributed by atoms with Crippen LogP contribution in [0.25, 0.3) is 22.2 Å². The minimum atomic E-state index is 1.12. The van der Waals surface area contributed by atoms with Gasteiger partial charge >= 0.3 is 0 Å². The molecule has 0 saturated carbocycles. The largest absolute Gasteiger partial charge is 0.135 e. The van der Waals surface area contributed by atoms with Gasteiger partial charge in [0, 0.05) is 19.4 Å².